The van der Waals surface area contributed by atoms with E-state index in [2.05, 4.69) is 0 Å². The Morgan fingerprint density at radius 3 is 1.57 bits per heavy atom. The first-order valence-corrected chi connectivity index (χ1v) is 16.3. The van der Waals surface area contributed by atoms with Crippen molar-refractivity contribution in [1.82, 2.24) is 0 Å². The summed E-state index contributed by atoms with van der Waals surface area (Å²) < 4.78 is 27.5. The minimum Gasteiger partial charge on any atom is -0.396 e. The normalized spacial score (nSPS) is 33.0. The van der Waals surface area contributed by atoms with Crippen LogP contribution in [0.5, 0.6) is 0 Å². The molecule has 0 bridgehead atoms. The molecule has 3 saturated carbocycles. The van der Waals surface area contributed by atoms with Crippen LogP contribution in [-0.2, 0) is 9.47 Å². The van der Waals surface area contributed by atoms with Crippen LogP contribution < -0.4 is 0 Å². The summed E-state index contributed by atoms with van der Waals surface area (Å²) in [6, 6.07) is 0. The monoisotopic (exact) mass is 526 g/mol. The number of ether oxygens (including phenoxy) is 2. The Labute approximate surface area is 227 Å². The third-order valence-electron chi connectivity index (χ3n) is 9.84. The van der Waals surface area contributed by atoms with Crippen molar-refractivity contribution in [2.45, 2.75) is 153 Å². The minimum atomic E-state index is -0.589. The fourth-order valence-electron chi connectivity index (χ4n) is 7.39. The van der Waals surface area contributed by atoms with Crippen molar-refractivity contribution in [3.63, 3.8) is 0 Å². The van der Waals surface area contributed by atoms with Gasteiger partial charge in [-0.05, 0) is 120 Å². The zero-order valence-electron chi connectivity index (χ0n) is 23.8. The highest BCUT2D eigenvalue weighted by molar-refractivity contribution is 4.88. The van der Waals surface area contributed by atoms with Gasteiger partial charge in [0.25, 0.3) is 0 Å². The number of hydrogen-bond acceptors (Lipinski definition) is 4. The van der Waals surface area contributed by atoms with Crippen LogP contribution in [0.4, 0.5) is 4.39 Å². The quantitative estimate of drug-likeness (QED) is 0.179. The molecular weight excluding hydrogens is 467 g/mol. The van der Waals surface area contributed by atoms with Crippen LogP contribution in [0.15, 0.2) is 0 Å². The Morgan fingerprint density at radius 1 is 0.541 bits per heavy atom. The predicted octanol–water partition coefficient (Wildman–Crippen LogP) is 7.78. The summed E-state index contributed by atoms with van der Waals surface area (Å²) in [5, 5.41) is 17.7. The number of aliphatic hydroxyl groups is 2. The predicted molar refractivity (Wildman–Crippen MR) is 149 cm³/mol. The maximum absolute atomic E-state index is 15.3. The van der Waals surface area contributed by atoms with Gasteiger partial charge in [-0.15, -0.1) is 0 Å². The lowest BCUT2D eigenvalue weighted by molar-refractivity contribution is -0.00831. The van der Waals surface area contributed by atoms with E-state index in [4.69, 9.17) is 19.7 Å². The molecule has 2 N–H and O–H groups in total. The van der Waals surface area contributed by atoms with E-state index in [9.17, 15) is 0 Å². The molecular formula is C32H59FO4. The lowest BCUT2D eigenvalue weighted by Crippen LogP contribution is -2.35. The second-order valence-electron chi connectivity index (χ2n) is 12.6. The first-order valence-electron chi connectivity index (χ1n) is 16.3. The van der Waals surface area contributed by atoms with E-state index in [0.29, 0.717) is 43.2 Å². The Morgan fingerprint density at radius 2 is 1.03 bits per heavy atom. The SMILES string of the molecule is OCCCCCCOC1CCC(CCC2CCC(C3CCC(OCCCCCCO)CC3)C(F)C2)CC1. The van der Waals surface area contributed by atoms with E-state index in [0.717, 1.165) is 109 Å². The summed E-state index contributed by atoms with van der Waals surface area (Å²) in [5.41, 5.74) is 0. The second kappa shape index (κ2) is 19.0. The summed E-state index contributed by atoms with van der Waals surface area (Å²) in [4.78, 5) is 0. The molecule has 3 unspecified atom stereocenters. The van der Waals surface area contributed by atoms with Gasteiger partial charge in [0.05, 0.1) is 12.2 Å². The largest absolute Gasteiger partial charge is 0.396 e. The van der Waals surface area contributed by atoms with Crippen molar-refractivity contribution >= 4 is 0 Å². The van der Waals surface area contributed by atoms with E-state index >= 15 is 4.39 Å². The average Bonchev–Trinajstić information content (AvgIpc) is 2.92. The lowest BCUT2D eigenvalue weighted by atomic mass is 9.68. The number of unbranched alkanes of at least 4 members (excludes halogenated alkanes) is 6. The van der Waals surface area contributed by atoms with Gasteiger partial charge in [-0.25, -0.2) is 4.39 Å². The van der Waals surface area contributed by atoms with Gasteiger partial charge in [0.15, 0.2) is 0 Å². The molecule has 0 radical (unpaired) electrons. The van der Waals surface area contributed by atoms with E-state index in [-0.39, 0.29) is 0 Å². The van der Waals surface area contributed by atoms with Crippen molar-refractivity contribution in [2.75, 3.05) is 26.4 Å². The smallest absolute Gasteiger partial charge is 0.103 e. The van der Waals surface area contributed by atoms with Crippen LogP contribution in [0.1, 0.15) is 135 Å². The molecule has 0 amide bonds. The molecule has 0 saturated heterocycles. The number of aliphatic hydroxyl groups excluding tert-OH is 2. The summed E-state index contributed by atoms with van der Waals surface area (Å²) in [6.45, 7) is 2.33. The van der Waals surface area contributed by atoms with Gasteiger partial charge in [-0.3, -0.25) is 0 Å². The number of alkyl halides is 1. The number of hydrogen-bond donors (Lipinski definition) is 2. The zero-order chi connectivity index (χ0) is 26.1. The third-order valence-corrected chi connectivity index (χ3v) is 9.84. The summed E-state index contributed by atoms with van der Waals surface area (Å²) >= 11 is 0. The first kappa shape index (κ1) is 31.3. The lowest BCUT2D eigenvalue weighted by Gasteiger charge is -2.40. The maximum Gasteiger partial charge on any atom is 0.103 e. The standard InChI is InChI=1S/C32H59FO4/c33-32-25-27(10-9-26-11-16-29(17-12-26)36-23-7-3-1-5-21-34)13-20-31(32)28-14-18-30(19-15-28)37-24-8-4-2-6-22-35/h26-32,34-35H,1-25H2. The molecule has 5 heteroatoms. The highest BCUT2D eigenvalue weighted by atomic mass is 19.1. The van der Waals surface area contributed by atoms with Gasteiger partial charge in [0, 0.05) is 26.4 Å². The Balaban J connectivity index is 1.21. The van der Waals surface area contributed by atoms with Gasteiger partial charge in [-0.1, -0.05) is 38.5 Å². The van der Waals surface area contributed by atoms with Crippen LogP contribution in [0.3, 0.4) is 0 Å². The molecule has 0 aliphatic heterocycles. The highest BCUT2D eigenvalue weighted by Gasteiger charge is 2.37. The molecule has 37 heavy (non-hydrogen) atoms. The van der Waals surface area contributed by atoms with Crippen LogP contribution in [-0.4, -0.2) is 55.0 Å². The summed E-state index contributed by atoms with van der Waals surface area (Å²) in [5.74, 6) is 2.30. The minimum absolute atomic E-state index is 0.298. The van der Waals surface area contributed by atoms with Crippen molar-refractivity contribution in [1.29, 1.82) is 0 Å². The molecule has 3 fully saturated rings. The molecule has 4 nitrogen and oxygen atoms in total. The van der Waals surface area contributed by atoms with Crippen molar-refractivity contribution < 1.29 is 24.1 Å². The van der Waals surface area contributed by atoms with Crippen LogP contribution >= 0.6 is 0 Å². The second-order valence-corrected chi connectivity index (χ2v) is 12.6. The molecule has 3 aliphatic rings. The fourth-order valence-corrected chi connectivity index (χ4v) is 7.39. The summed E-state index contributed by atoms with van der Waals surface area (Å²) in [6.07, 6.45) is 24.0. The number of rotatable bonds is 18. The molecule has 3 rings (SSSR count). The van der Waals surface area contributed by atoms with Gasteiger partial charge in [-0.2, -0.15) is 0 Å². The van der Waals surface area contributed by atoms with Crippen LogP contribution in [0, 0.1) is 23.7 Å². The van der Waals surface area contributed by atoms with Gasteiger partial charge < -0.3 is 19.7 Å². The Hall–Kier alpha value is -0.230. The van der Waals surface area contributed by atoms with Crippen LogP contribution in [0.2, 0.25) is 0 Å². The molecule has 0 aromatic rings. The molecule has 0 heterocycles. The van der Waals surface area contributed by atoms with E-state index < -0.39 is 6.17 Å². The Bertz CT molecular complexity index is 545. The van der Waals surface area contributed by atoms with Crippen LogP contribution in [0.25, 0.3) is 0 Å². The molecule has 218 valence electrons. The molecule has 0 spiro atoms. The topological polar surface area (TPSA) is 58.9 Å². The van der Waals surface area contributed by atoms with Gasteiger partial charge >= 0.3 is 0 Å². The van der Waals surface area contributed by atoms with Gasteiger partial charge in [0.2, 0.25) is 0 Å². The first-order chi connectivity index (χ1) is 18.2. The highest BCUT2D eigenvalue weighted by Crippen LogP contribution is 2.43. The molecule has 3 atom stereocenters. The van der Waals surface area contributed by atoms with Crippen molar-refractivity contribution in [3.8, 4) is 0 Å². The summed E-state index contributed by atoms with van der Waals surface area (Å²) in [7, 11) is 0. The average molecular weight is 527 g/mol. The molecule has 0 aromatic heterocycles. The van der Waals surface area contributed by atoms with Gasteiger partial charge in [0.1, 0.15) is 6.17 Å². The Kier molecular flexibility index (Phi) is 16.0. The van der Waals surface area contributed by atoms with E-state index in [1.807, 2.05) is 0 Å². The molecule has 3 aliphatic carbocycles. The van der Waals surface area contributed by atoms with E-state index in [1.54, 1.807) is 0 Å². The van der Waals surface area contributed by atoms with Crippen molar-refractivity contribution in [3.05, 3.63) is 0 Å². The number of halogens is 1. The zero-order valence-corrected chi connectivity index (χ0v) is 23.8. The maximum atomic E-state index is 15.3. The molecule has 0 aromatic carbocycles. The third kappa shape index (κ3) is 12.2. The van der Waals surface area contributed by atoms with E-state index in [1.165, 1.54) is 44.9 Å². The van der Waals surface area contributed by atoms with Crippen molar-refractivity contribution in [2.24, 2.45) is 23.7 Å². The fraction of sp³-hybridized carbons (Fsp3) is 1.00.